The number of ether oxygens (including phenoxy) is 1. The van der Waals surface area contributed by atoms with E-state index in [1.807, 2.05) is 23.6 Å². The molecule has 0 bridgehead atoms. The average molecular weight is 348 g/mol. The van der Waals surface area contributed by atoms with Crippen LogP contribution < -0.4 is 5.32 Å². The SMILES string of the molecule is O=C(/C=C/c1cccs1)NCC(c1cccs1)N1CCOCC1. The summed E-state index contributed by atoms with van der Waals surface area (Å²) in [6.45, 7) is 3.95. The Labute approximate surface area is 144 Å². The second-order valence-corrected chi connectivity index (χ2v) is 7.23. The molecule has 1 saturated heterocycles. The van der Waals surface area contributed by atoms with Gasteiger partial charge in [0.25, 0.3) is 0 Å². The Bertz CT molecular complexity index is 617. The Morgan fingerprint density at radius 2 is 2.04 bits per heavy atom. The molecule has 1 N–H and O–H groups in total. The van der Waals surface area contributed by atoms with Crippen molar-refractivity contribution in [2.75, 3.05) is 32.8 Å². The standard InChI is InChI=1S/C17H20N2O2S2/c20-17(6-5-14-3-1-11-22-14)18-13-15(16-4-2-12-23-16)19-7-9-21-10-8-19/h1-6,11-12,15H,7-10,13H2,(H,18,20)/b6-5+. The van der Waals surface area contributed by atoms with Crippen LogP contribution in [0.25, 0.3) is 6.08 Å². The van der Waals surface area contributed by atoms with Crippen LogP contribution in [0.3, 0.4) is 0 Å². The fraction of sp³-hybridized carbons (Fsp3) is 0.353. The number of morpholine rings is 1. The largest absolute Gasteiger partial charge is 0.379 e. The maximum atomic E-state index is 12.1. The first kappa shape index (κ1) is 16.4. The number of hydrogen-bond donors (Lipinski definition) is 1. The van der Waals surface area contributed by atoms with Crippen LogP contribution in [0.1, 0.15) is 15.8 Å². The molecule has 122 valence electrons. The van der Waals surface area contributed by atoms with Gasteiger partial charge in [0.15, 0.2) is 0 Å². The topological polar surface area (TPSA) is 41.6 Å². The molecule has 0 aromatic carbocycles. The molecule has 23 heavy (non-hydrogen) atoms. The molecule has 0 spiro atoms. The summed E-state index contributed by atoms with van der Waals surface area (Å²) in [5.41, 5.74) is 0. The summed E-state index contributed by atoms with van der Waals surface area (Å²) in [6.07, 6.45) is 3.46. The molecule has 3 rings (SSSR count). The summed E-state index contributed by atoms with van der Waals surface area (Å²) < 4.78 is 5.44. The zero-order valence-electron chi connectivity index (χ0n) is 12.8. The van der Waals surface area contributed by atoms with Gasteiger partial charge in [-0.05, 0) is 29.0 Å². The van der Waals surface area contributed by atoms with Gasteiger partial charge < -0.3 is 10.1 Å². The van der Waals surface area contributed by atoms with E-state index in [9.17, 15) is 4.79 Å². The normalized spacial score (nSPS) is 17.4. The van der Waals surface area contributed by atoms with Crippen molar-refractivity contribution in [3.8, 4) is 0 Å². The molecule has 0 aliphatic carbocycles. The Balaban J connectivity index is 1.58. The highest BCUT2D eigenvalue weighted by molar-refractivity contribution is 7.10. The minimum atomic E-state index is -0.0479. The Morgan fingerprint density at radius 1 is 1.26 bits per heavy atom. The molecular formula is C17H20N2O2S2. The van der Waals surface area contributed by atoms with E-state index in [1.54, 1.807) is 28.7 Å². The number of nitrogens with one attached hydrogen (secondary N) is 1. The number of hydrogen-bond acceptors (Lipinski definition) is 5. The maximum Gasteiger partial charge on any atom is 0.244 e. The van der Waals surface area contributed by atoms with Crippen molar-refractivity contribution in [2.45, 2.75) is 6.04 Å². The fourth-order valence-electron chi connectivity index (χ4n) is 2.58. The van der Waals surface area contributed by atoms with Gasteiger partial charge in [0.2, 0.25) is 5.91 Å². The van der Waals surface area contributed by atoms with Crippen LogP contribution in [0.15, 0.2) is 41.1 Å². The fourth-order valence-corrected chi connectivity index (χ4v) is 4.06. The van der Waals surface area contributed by atoms with Crippen molar-refractivity contribution in [3.63, 3.8) is 0 Å². The number of nitrogens with zero attached hydrogens (tertiary/aromatic N) is 1. The Hall–Kier alpha value is -1.47. The molecular weight excluding hydrogens is 328 g/mol. The predicted molar refractivity (Wildman–Crippen MR) is 95.8 cm³/mol. The number of thiophene rings is 2. The van der Waals surface area contributed by atoms with Crippen molar-refractivity contribution in [1.82, 2.24) is 10.2 Å². The third-order valence-corrected chi connectivity index (χ3v) is 5.58. The van der Waals surface area contributed by atoms with Crippen molar-refractivity contribution in [1.29, 1.82) is 0 Å². The van der Waals surface area contributed by atoms with Gasteiger partial charge in [-0.2, -0.15) is 0 Å². The summed E-state index contributed by atoms with van der Waals surface area (Å²) in [5, 5.41) is 7.12. The van der Waals surface area contributed by atoms with Crippen LogP contribution in [-0.4, -0.2) is 43.7 Å². The molecule has 1 fully saturated rings. The smallest absolute Gasteiger partial charge is 0.244 e. The van der Waals surface area contributed by atoms with Crippen molar-refractivity contribution in [3.05, 3.63) is 50.9 Å². The molecule has 1 amide bonds. The van der Waals surface area contributed by atoms with Crippen LogP contribution >= 0.6 is 22.7 Å². The first-order valence-electron chi connectivity index (χ1n) is 7.67. The van der Waals surface area contributed by atoms with Crippen molar-refractivity contribution in [2.24, 2.45) is 0 Å². The highest BCUT2D eigenvalue weighted by atomic mass is 32.1. The van der Waals surface area contributed by atoms with Crippen LogP contribution in [0.5, 0.6) is 0 Å². The van der Waals surface area contributed by atoms with E-state index in [2.05, 4.69) is 27.7 Å². The van der Waals surface area contributed by atoms with E-state index >= 15 is 0 Å². The zero-order valence-corrected chi connectivity index (χ0v) is 14.4. The van der Waals surface area contributed by atoms with Crippen LogP contribution in [0, 0.1) is 0 Å². The quantitative estimate of drug-likeness (QED) is 0.816. The lowest BCUT2D eigenvalue weighted by molar-refractivity contribution is -0.116. The summed E-state index contributed by atoms with van der Waals surface area (Å²) in [5.74, 6) is -0.0479. The Morgan fingerprint density at radius 3 is 2.74 bits per heavy atom. The minimum absolute atomic E-state index is 0.0479. The minimum Gasteiger partial charge on any atom is -0.379 e. The number of rotatable bonds is 6. The lowest BCUT2D eigenvalue weighted by Crippen LogP contribution is -2.43. The van der Waals surface area contributed by atoms with Crippen LogP contribution in [-0.2, 0) is 9.53 Å². The first-order valence-corrected chi connectivity index (χ1v) is 9.43. The van der Waals surface area contributed by atoms with Crippen molar-refractivity contribution >= 4 is 34.7 Å². The van der Waals surface area contributed by atoms with Gasteiger partial charge in [0, 0.05) is 35.5 Å². The van der Waals surface area contributed by atoms with Gasteiger partial charge in [-0.25, -0.2) is 0 Å². The number of amides is 1. The van der Waals surface area contributed by atoms with E-state index in [-0.39, 0.29) is 11.9 Å². The lowest BCUT2D eigenvalue weighted by atomic mass is 10.2. The molecule has 0 radical (unpaired) electrons. The summed E-state index contributed by atoms with van der Waals surface area (Å²) in [7, 11) is 0. The molecule has 1 atom stereocenters. The highest BCUT2D eigenvalue weighted by Gasteiger charge is 2.23. The van der Waals surface area contributed by atoms with Gasteiger partial charge in [0.05, 0.1) is 19.3 Å². The monoisotopic (exact) mass is 348 g/mol. The van der Waals surface area contributed by atoms with E-state index in [0.29, 0.717) is 6.54 Å². The first-order chi connectivity index (χ1) is 11.3. The molecule has 1 unspecified atom stereocenters. The van der Waals surface area contributed by atoms with E-state index in [1.165, 1.54) is 4.88 Å². The third-order valence-electron chi connectivity index (χ3n) is 3.77. The molecule has 1 aliphatic heterocycles. The van der Waals surface area contributed by atoms with Gasteiger partial charge >= 0.3 is 0 Å². The van der Waals surface area contributed by atoms with Gasteiger partial charge in [-0.3, -0.25) is 9.69 Å². The molecule has 3 heterocycles. The van der Waals surface area contributed by atoms with Gasteiger partial charge in [0.1, 0.15) is 0 Å². The molecule has 6 heteroatoms. The zero-order chi connectivity index (χ0) is 15.9. The molecule has 4 nitrogen and oxygen atoms in total. The third kappa shape index (κ3) is 4.75. The van der Waals surface area contributed by atoms with E-state index < -0.39 is 0 Å². The van der Waals surface area contributed by atoms with Crippen molar-refractivity contribution < 1.29 is 9.53 Å². The second-order valence-electron chi connectivity index (χ2n) is 5.27. The van der Waals surface area contributed by atoms with E-state index in [4.69, 9.17) is 4.74 Å². The molecule has 1 aliphatic rings. The second kappa shape index (κ2) is 8.40. The Kier molecular flexibility index (Phi) is 5.99. The summed E-state index contributed by atoms with van der Waals surface area (Å²) >= 11 is 3.36. The number of carbonyl (C=O) groups excluding carboxylic acids is 1. The predicted octanol–water partition coefficient (Wildman–Crippen LogP) is 3.01. The average Bonchev–Trinajstić information content (AvgIpc) is 3.28. The summed E-state index contributed by atoms with van der Waals surface area (Å²) in [4.78, 5) is 16.8. The molecule has 2 aromatic heterocycles. The molecule has 2 aromatic rings. The van der Waals surface area contributed by atoms with Crippen LogP contribution in [0.2, 0.25) is 0 Å². The van der Waals surface area contributed by atoms with Gasteiger partial charge in [-0.1, -0.05) is 12.1 Å². The maximum absolute atomic E-state index is 12.1. The number of carbonyl (C=O) groups is 1. The van der Waals surface area contributed by atoms with Crippen LogP contribution in [0.4, 0.5) is 0 Å². The van der Waals surface area contributed by atoms with Gasteiger partial charge in [-0.15, -0.1) is 22.7 Å². The van der Waals surface area contributed by atoms with E-state index in [0.717, 1.165) is 31.2 Å². The highest BCUT2D eigenvalue weighted by Crippen LogP contribution is 2.25. The summed E-state index contributed by atoms with van der Waals surface area (Å²) in [6, 6.07) is 8.40. The lowest BCUT2D eigenvalue weighted by Gasteiger charge is -2.34. The molecule has 0 saturated carbocycles.